The molecule has 0 saturated carbocycles. The molecule has 1 aliphatic heterocycles. The number of benzene rings is 2. The van der Waals surface area contributed by atoms with E-state index in [4.69, 9.17) is 0 Å². The standard InChI is InChI=1S/C20H21N3O2S2/c1-13-10-14(2)19(15(3)11-13)27(24,25)22-17-7-5-4-6-16(17)18-12-23-8-9-26-20(23)21-18/h4-7,10-12,22H,8-9H2,1-3H3. The van der Waals surface area contributed by atoms with E-state index in [9.17, 15) is 8.42 Å². The van der Waals surface area contributed by atoms with Crippen LogP contribution in [-0.4, -0.2) is 23.7 Å². The normalized spacial score (nSPS) is 13.6. The van der Waals surface area contributed by atoms with E-state index < -0.39 is 10.0 Å². The highest BCUT2D eigenvalue weighted by Gasteiger charge is 2.23. The van der Waals surface area contributed by atoms with Gasteiger partial charge in [0.1, 0.15) is 0 Å². The largest absolute Gasteiger partial charge is 0.325 e. The molecule has 0 unspecified atom stereocenters. The number of aromatic nitrogens is 2. The number of para-hydroxylation sites is 1. The van der Waals surface area contributed by atoms with Gasteiger partial charge < -0.3 is 4.57 Å². The zero-order valence-corrected chi connectivity index (χ0v) is 17.1. The van der Waals surface area contributed by atoms with Gasteiger partial charge >= 0.3 is 0 Å². The summed E-state index contributed by atoms with van der Waals surface area (Å²) in [6.45, 7) is 6.56. The molecule has 0 fully saturated rings. The summed E-state index contributed by atoms with van der Waals surface area (Å²) in [6, 6.07) is 11.2. The fourth-order valence-corrected chi connectivity index (χ4v) is 6.10. The lowest BCUT2D eigenvalue weighted by Crippen LogP contribution is -2.16. The summed E-state index contributed by atoms with van der Waals surface area (Å²) in [6.07, 6.45) is 1.99. The topological polar surface area (TPSA) is 64.0 Å². The lowest BCUT2D eigenvalue weighted by molar-refractivity contribution is 0.600. The Morgan fingerprint density at radius 3 is 2.52 bits per heavy atom. The van der Waals surface area contributed by atoms with Gasteiger partial charge in [0.2, 0.25) is 0 Å². The van der Waals surface area contributed by atoms with Crippen molar-refractivity contribution < 1.29 is 8.42 Å². The molecule has 27 heavy (non-hydrogen) atoms. The first-order valence-corrected chi connectivity index (χ1v) is 11.2. The predicted molar refractivity (Wildman–Crippen MR) is 110 cm³/mol. The molecular weight excluding hydrogens is 378 g/mol. The van der Waals surface area contributed by atoms with E-state index in [1.165, 1.54) is 0 Å². The Hall–Kier alpha value is -2.25. The van der Waals surface area contributed by atoms with E-state index in [1.54, 1.807) is 17.8 Å². The van der Waals surface area contributed by atoms with Crippen molar-refractivity contribution in [3.63, 3.8) is 0 Å². The third kappa shape index (κ3) is 3.37. The van der Waals surface area contributed by atoms with Crippen molar-refractivity contribution >= 4 is 27.5 Å². The van der Waals surface area contributed by atoms with Crippen molar-refractivity contribution in [2.45, 2.75) is 37.4 Å². The molecule has 5 nitrogen and oxygen atoms in total. The maximum atomic E-state index is 13.1. The molecule has 2 heterocycles. The van der Waals surface area contributed by atoms with E-state index in [2.05, 4.69) is 14.3 Å². The molecule has 0 amide bonds. The van der Waals surface area contributed by atoms with E-state index in [1.807, 2.05) is 57.3 Å². The monoisotopic (exact) mass is 399 g/mol. The lowest BCUT2D eigenvalue weighted by atomic mass is 10.1. The molecule has 7 heteroatoms. The molecule has 0 bridgehead atoms. The van der Waals surface area contributed by atoms with Crippen LogP contribution in [0.5, 0.6) is 0 Å². The molecule has 0 radical (unpaired) electrons. The van der Waals surface area contributed by atoms with Gasteiger partial charge in [-0.2, -0.15) is 0 Å². The average Bonchev–Trinajstić information content (AvgIpc) is 3.15. The zero-order chi connectivity index (χ0) is 19.2. The minimum absolute atomic E-state index is 0.339. The molecule has 2 aromatic carbocycles. The van der Waals surface area contributed by atoms with Crippen molar-refractivity contribution in [2.24, 2.45) is 0 Å². The van der Waals surface area contributed by atoms with Gasteiger partial charge in [-0.05, 0) is 38.0 Å². The highest BCUT2D eigenvalue weighted by Crippen LogP contribution is 2.34. The first kappa shape index (κ1) is 18.1. The first-order chi connectivity index (χ1) is 12.8. The van der Waals surface area contributed by atoms with Gasteiger partial charge in [-0.15, -0.1) is 0 Å². The van der Waals surface area contributed by atoms with Gasteiger partial charge in [-0.25, -0.2) is 13.4 Å². The molecule has 4 rings (SSSR count). The third-order valence-electron chi connectivity index (χ3n) is 4.62. The average molecular weight is 400 g/mol. The van der Waals surface area contributed by atoms with Crippen LogP contribution in [0.1, 0.15) is 16.7 Å². The van der Waals surface area contributed by atoms with Crippen LogP contribution in [0.2, 0.25) is 0 Å². The number of fused-ring (bicyclic) bond motifs is 1. The van der Waals surface area contributed by atoms with Gasteiger partial charge in [-0.3, -0.25) is 4.72 Å². The van der Waals surface area contributed by atoms with Crippen molar-refractivity contribution in [1.29, 1.82) is 0 Å². The van der Waals surface area contributed by atoms with Crippen LogP contribution in [0.15, 0.2) is 52.6 Å². The maximum Gasteiger partial charge on any atom is 0.262 e. The van der Waals surface area contributed by atoms with E-state index in [0.29, 0.717) is 10.6 Å². The third-order valence-corrected chi connectivity index (χ3v) is 7.26. The van der Waals surface area contributed by atoms with Crippen molar-refractivity contribution in [1.82, 2.24) is 9.55 Å². The van der Waals surface area contributed by atoms with Crippen LogP contribution in [-0.2, 0) is 16.6 Å². The second-order valence-corrected chi connectivity index (χ2v) is 9.51. The number of hydrogen-bond donors (Lipinski definition) is 1. The Morgan fingerprint density at radius 2 is 1.81 bits per heavy atom. The molecule has 140 valence electrons. The fraction of sp³-hybridized carbons (Fsp3) is 0.250. The van der Waals surface area contributed by atoms with Gasteiger partial charge in [0, 0.05) is 24.1 Å². The fourth-order valence-electron chi connectivity index (χ4n) is 3.62. The lowest BCUT2D eigenvalue weighted by Gasteiger charge is -2.15. The molecule has 0 atom stereocenters. The number of sulfonamides is 1. The SMILES string of the molecule is Cc1cc(C)c(S(=O)(=O)Nc2ccccc2-c2cn3c(n2)SCC3)c(C)c1. The summed E-state index contributed by atoms with van der Waals surface area (Å²) in [4.78, 5) is 5.00. The highest BCUT2D eigenvalue weighted by molar-refractivity contribution is 7.99. The second-order valence-electron chi connectivity index (χ2n) is 6.83. The van der Waals surface area contributed by atoms with E-state index in [0.717, 1.165) is 45.4 Å². The number of rotatable bonds is 4. The van der Waals surface area contributed by atoms with Crippen molar-refractivity contribution in [3.8, 4) is 11.3 Å². The summed E-state index contributed by atoms with van der Waals surface area (Å²) in [5.41, 5.74) is 4.65. The second kappa shape index (κ2) is 6.73. The minimum Gasteiger partial charge on any atom is -0.325 e. The maximum absolute atomic E-state index is 13.1. The van der Waals surface area contributed by atoms with Crippen LogP contribution in [0.3, 0.4) is 0 Å². The van der Waals surface area contributed by atoms with Gasteiger partial charge in [0.15, 0.2) is 5.16 Å². The summed E-state index contributed by atoms with van der Waals surface area (Å²) in [5.74, 6) is 1.03. The Morgan fingerprint density at radius 1 is 1.11 bits per heavy atom. The Bertz CT molecular complexity index is 1090. The minimum atomic E-state index is -3.71. The first-order valence-electron chi connectivity index (χ1n) is 8.75. The summed E-state index contributed by atoms with van der Waals surface area (Å²) in [5, 5.41) is 0.980. The molecule has 0 spiro atoms. The molecular formula is C20H21N3O2S2. The van der Waals surface area contributed by atoms with Crippen LogP contribution in [0.4, 0.5) is 5.69 Å². The number of aryl methyl sites for hydroxylation is 4. The van der Waals surface area contributed by atoms with Gasteiger partial charge in [0.05, 0.1) is 16.3 Å². The Balaban J connectivity index is 1.75. The predicted octanol–water partition coefficient (Wildman–Crippen LogP) is 4.38. The van der Waals surface area contributed by atoms with Crippen molar-refractivity contribution in [3.05, 3.63) is 59.3 Å². The van der Waals surface area contributed by atoms with Crippen LogP contribution in [0.25, 0.3) is 11.3 Å². The summed E-state index contributed by atoms with van der Waals surface area (Å²) >= 11 is 1.72. The summed E-state index contributed by atoms with van der Waals surface area (Å²) in [7, 11) is -3.71. The number of nitrogens with zero attached hydrogens (tertiary/aromatic N) is 2. The number of imidazole rings is 1. The summed E-state index contributed by atoms with van der Waals surface area (Å²) < 4.78 is 31.2. The number of thioether (sulfide) groups is 1. The molecule has 3 aromatic rings. The molecule has 1 N–H and O–H groups in total. The number of anilines is 1. The smallest absolute Gasteiger partial charge is 0.262 e. The van der Waals surface area contributed by atoms with E-state index in [-0.39, 0.29) is 0 Å². The zero-order valence-electron chi connectivity index (χ0n) is 15.5. The van der Waals surface area contributed by atoms with Crippen LogP contribution < -0.4 is 4.72 Å². The molecule has 0 aliphatic carbocycles. The van der Waals surface area contributed by atoms with E-state index >= 15 is 0 Å². The highest BCUT2D eigenvalue weighted by atomic mass is 32.2. The Kier molecular flexibility index (Phi) is 4.52. The van der Waals surface area contributed by atoms with Gasteiger partial charge in [0.25, 0.3) is 10.0 Å². The van der Waals surface area contributed by atoms with Gasteiger partial charge in [-0.1, -0.05) is 47.7 Å². The number of nitrogens with one attached hydrogen (secondary N) is 1. The molecule has 1 aliphatic rings. The quantitative estimate of drug-likeness (QED) is 0.707. The van der Waals surface area contributed by atoms with Crippen LogP contribution in [0, 0.1) is 20.8 Å². The Labute approximate surface area is 163 Å². The van der Waals surface area contributed by atoms with Crippen LogP contribution >= 0.6 is 11.8 Å². The number of hydrogen-bond acceptors (Lipinski definition) is 4. The molecule has 1 aromatic heterocycles. The molecule has 0 saturated heterocycles. The van der Waals surface area contributed by atoms with Crippen molar-refractivity contribution in [2.75, 3.05) is 10.5 Å².